The van der Waals surface area contributed by atoms with Crippen molar-refractivity contribution in [3.05, 3.63) is 35.9 Å². The van der Waals surface area contributed by atoms with Gasteiger partial charge in [-0.05, 0) is 5.56 Å². The summed E-state index contributed by atoms with van der Waals surface area (Å²) in [4.78, 5) is 13.4. The van der Waals surface area contributed by atoms with Crippen LogP contribution in [0.5, 0.6) is 0 Å². The normalized spacial score (nSPS) is 25.2. The SMILES string of the molecule is NC(CC(=O)N1C[C@@H](O)[C@@H](O)C1)c1ccccc1. The van der Waals surface area contributed by atoms with Gasteiger partial charge in [-0.2, -0.15) is 0 Å². The number of carbonyl (C=O) groups excluding carboxylic acids is 1. The van der Waals surface area contributed by atoms with Gasteiger partial charge < -0.3 is 20.8 Å². The number of aliphatic hydroxyl groups is 2. The number of nitrogens with zero attached hydrogens (tertiary/aromatic N) is 1. The molecule has 3 atom stereocenters. The summed E-state index contributed by atoms with van der Waals surface area (Å²) in [7, 11) is 0. The highest BCUT2D eigenvalue weighted by molar-refractivity contribution is 5.77. The molecule has 1 aromatic carbocycles. The minimum Gasteiger partial charge on any atom is -0.388 e. The first-order valence-corrected chi connectivity index (χ1v) is 6.02. The quantitative estimate of drug-likeness (QED) is 0.684. The lowest BCUT2D eigenvalue weighted by Gasteiger charge is -2.18. The number of likely N-dealkylation sites (tertiary alicyclic amines) is 1. The van der Waals surface area contributed by atoms with Gasteiger partial charge in [-0.1, -0.05) is 30.3 Å². The molecule has 0 spiro atoms. The Morgan fingerprint density at radius 2 is 1.83 bits per heavy atom. The highest BCUT2D eigenvalue weighted by Gasteiger charge is 2.32. The molecule has 0 saturated carbocycles. The van der Waals surface area contributed by atoms with Gasteiger partial charge in [0, 0.05) is 25.6 Å². The van der Waals surface area contributed by atoms with E-state index in [4.69, 9.17) is 5.73 Å². The molecule has 0 aliphatic carbocycles. The molecule has 1 aliphatic heterocycles. The number of amides is 1. The average molecular weight is 250 g/mol. The fraction of sp³-hybridized carbons (Fsp3) is 0.462. The van der Waals surface area contributed by atoms with Crippen molar-refractivity contribution < 1.29 is 15.0 Å². The van der Waals surface area contributed by atoms with Crippen molar-refractivity contribution in [2.45, 2.75) is 24.7 Å². The van der Waals surface area contributed by atoms with E-state index in [9.17, 15) is 15.0 Å². The zero-order valence-electron chi connectivity index (χ0n) is 10.1. The lowest BCUT2D eigenvalue weighted by Crippen LogP contribution is -2.32. The maximum Gasteiger partial charge on any atom is 0.224 e. The van der Waals surface area contributed by atoms with Gasteiger partial charge >= 0.3 is 0 Å². The van der Waals surface area contributed by atoms with E-state index < -0.39 is 12.2 Å². The zero-order chi connectivity index (χ0) is 13.1. The zero-order valence-corrected chi connectivity index (χ0v) is 10.1. The highest BCUT2D eigenvalue weighted by atomic mass is 16.3. The van der Waals surface area contributed by atoms with E-state index in [-0.39, 0.29) is 31.5 Å². The van der Waals surface area contributed by atoms with Crippen molar-refractivity contribution in [1.29, 1.82) is 0 Å². The monoisotopic (exact) mass is 250 g/mol. The number of nitrogens with two attached hydrogens (primary N) is 1. The van der Waals surface area contributed by atoms with E-state index in [0.29, 0.717) is 0 Å². The largest absolute Gasteiger partial charge is 0.388 e. The molecule has 0 aromatic heterocycles. The Morgan fingerprint density at radius 3 is 2.39 bits per heavy atom. The van der Waals surface area contributed by atoms with Gasteiger partial charge in [0.05, 0.1) is 12.2 Å². The summed E-state index contributed by atoms with van der Waals surface area (Å²) in [6.07, 6.45) is -1.51. The van der Waals surface area contributed by atoms with Gasteiger partial charge in [-0.15, -0.1) is 0 Å². The first-order chi connectivity index (χ1) is 8.58. The molecule has 1 amide bonds. The molecule has 1 saturated heterocycles. The number of aliphatic hydroxyl groups excluding tert-OH is 2. The van der Waals surface area contributed by atoms with Crippen LogP contribution in [0.15, 0.2) is 30.3 Å². The molecule has 2 rings (SSSR count). The van der Waals surface area contributed by atoms with Gasteiger partial charge in [0.25, 0.3) is 0 Å². The van der Waals surface area contributed by atoms with Crippen molar-refractivity contribution >= 4 is 5.91 Å². The molecule has 18 heavy (non-hydrogen) atoms. The number of hydrogen-bond donors (Lipinski definition) is 3. The molecule has 4 N–H and O–H groups in total. The Hall–Kier alpha value is -1.43. The molecule has 5 heteroatoms. The lowest BCUT2D eigenvalue weighted by molar-refractivity contribution is -0.131. The molecular weight excluding hydrogens is 232 g/mol. The van der Waals surface area contributed by atoms with Crippen LogP contribution in [0.2, 0.25) is 0 Å². The van der Waals surface area contributed by atoms with Crippen LogP contribution in [0.1, 0.15) is 18.0 Å². The van der Waals surface area contributed by atoms with Crippen LogP contribution in [0.25, 0.3) is 0 Å². The van der Waals surface area contributed by atoms with Crippen LogP contribution in [0.4, 0.5) is 0 Å². The highest BCUT2D eigenvalue weighted by Crippen LogP contribution is 2.17. The van der Waals surface area contributed by atoms with Gasteiger partial charge in [-0.3, -0.25) is 4.79 Å². The third-order valence-electron chi connectivity index (χ3n) is 3.23. The van der Waals surface area contributed by atoms with E-state index >= 15 is 0 Å². The second kappa shape index (κ2) is 5.48. The summed E-state index contributed by atoms with van der Waals surface area (Å²) >= 11 is 0. The number of hydrogen-bond acceptors (Lipinski definition) is 4. The Kier molecular flexibility index (Phi) is 3.96. The van der Waals surface area contributed by atoms with Crippen molar-refractivity contribution in [1.82, 2.24) is 4.90 Å². The fourth-order valence-corrected chi connectivity index (χ4v) is 2.11. The van der Waals surface area contributed by atoms with Gasteiger partial charge in [0.15, 0.2) is 0 Å². The second-order valence-corrected chi connectivity index (χ2v) is 4.65. The summed E-state index contributed by atoms with van der Waals surface area (Å²) in [6, 6.07) is 9.06. The topological polar surface area (TPSA) is 86.8 Å². The number of benzene rings is 1. The molecule has 0 bridgehead atoms. The minimum atomic E-state index is -0.845. The molecule has 1 heterocycles. The summed E-state index contributed by atoms with van der Waals surface area (Å²) in [5.41, 5.74) is 6.87. The Morgan fingerprint density at radius 1 is 1.28 bits per heavy atom. The summed E-state index contributed by atoms with van der Waals surface area (Å²) in [6.45, 7) is 0.364. The van der Waals surface area contributed by atoms with Crippen molar-refractivity contribution in [2.24, 2.45) is 5.73 Å². The van der Waals surface area contributed by atoms with Crippen molar-refractivity contribution in [2.75, 3.05) is 13.1 Å². The standard InChI is InChI=1S/C13H18N2O3/c14-10(9-4-2-1-3-5-9)6-13(18)15-7-11(16)12(17)8-15/h1-5,10-12,16-17H,6-8,14H2/t10?,11-,12+. The predicted octanol–water partition coefficient (Wildman–Crippen LogP) is -0.359. The summed E-state index contributed by atoms with van der Waals surface area (Å²) < 4.78 is 0. The van der Waals surface area contributed by atoms with Gasteiger partial charge in [0.1, 0.15) is 0 Å². The molecular formula is C13H18N2O3. The third kappa shape index (κ3) is 2.87. The molecule has 1 aliphatic rings. The van der Waals surface area contributed by atoms with E-state index in [2.05, 4.69) is 0 Å². The third-order valence-corrected chi connectivity index (χ3v) is 3.23. The van der Waals surface area contributed by atoms with Crippen LogP contribution in [-0.4, -0.2) is 46.3 Å². The fourth-order valence-electron chi connectivity index (χ4n) is 2.11. The van der Waals surface area contributed by atoms with Crippen LogP contribution >= 0.6 is 0 Å². The predicted molar refractivity (Wildman–Crippen MR) is 66.6 cm³/mol. The molecule has 1 aromatic rings. The second-order valence-electron chi connectivity index (χ2n) is 4.65. The molecule has 1 unspecified atom stereocenters. The van der Waals surface area contributed by atoms with Crippen LogP contribution < -0.4 is 5.73 Å². The molecule has 1 fully saturated rings. The first kappa shape index (κ1) is 13.0. The maximum absolute atomic E-state index is 11.9. The van der Waals surface area contributed by atoms with Crippen molar-refractivity contribution in [3.63, 3.8) is 0 Å². The smallest absolute Gasteiger partial charge is 0.224 e. The Bertz CT molecular complexity index is 400. The van der Waals surface area contributed by atoms with Crippen LogP contribution in [0.3, 0.4) is 0 Å². The van der Waals surface area contributed by atoms with Crippen molar-refractivity contribution in [3.8, 4) is 0 Å². The van der Waals surface area contributed by atoms with Gasteiger partial charge in [0.2, 0.25) is 5.91 Å². The molecule has 5 nitrogen and oxygen atoms in total. The van der Waals surface area contributed by atoms with E-state index in [1.54, 1.807) is 0 Å². The number of β-amino-alcohol motifs (C(OH)–C–C–N with tert-alkyl or cyclic N) is 2. The number of carbonyl (C=O) groups is 1. The maximum atomic E-state index is 11.9. The Balaban J connectivity index is 1.92. The first-order valence-electron chi connectivity index (χ1n) is 6.02. The summed E-state index contributed by atoms with van der Waals surface area (Å²) in [5, 5.41) is 18.8. The van der Waals surface area contributed by atoms with E-state index in [0.717, 1.165) is 5.56 Å². The molecule has 0 radical (unpaired) electrons. The van der Waals surface area contributed by atoms with Gasteiger partial charge in [-0.25, -0.2) is 0 Å². The average Bonchev–Trinajstić information content (AvgIpc) is 2.71. The van der Waals surface area contributed by atoms with E-state index in [1.165, 1.54) is 4.90 Å². The lowest BCUT2D eigenvalue weighted by atomic mass is 10.0. The van der Waals surface area contributed by atoms with Crippen LogP contribution in [-0.2, 0) is 4.79 Å². The molecule has 98 valence electrons. The Labute approximate surface area is 106 Å². The summed E-state index contributed by atoms with van der Waals surface area (Å²) in [5.74, 6) is -0.137. The van der Waals surface area contributed by atoms with Crippen LogP contribution in [0, 0.1) is 0 Å². The number of rotatable bonds is 3. The van der Waals surface area contributed by atoms with E-state index in [1.807, 2.05) is 30.3 Å². The minimum absolute atomic E-state index is 0.137.